The van der Waals surface area contributed by atoms with E-state index in [0.717, 1.165) is 12.1 Å². The monoisotopic (exact) mass is 281 g/mol. The summed E-state index contributed by atoms with van der Waals surface area (Å²) < 4.78 is 13.4. The Hall–Kier alpha value is -2.51. The number of carbonyl (C=O) groups is 2. The number of nitro benzene ring substituents is 1. The summed E-state index contributed by atoms with van der Waals surface area (Å²) in [7, 11) is 0. The van der Waals surface area contributed by atoms with Gasteiger partial charge in [-0.15, -0.1) is 0 Å². The molecule has 0 bridgehead atoms. The molecule has 1 heterocycles. The van der Waals surface area contributed by atoms with E-state index in [4.69, 9.17) is 0 Å². The van der Waals surface area contributed by atoms with Gasteiger partial charge in [-0.3, -0.25) is 19.7 Å². The molecule has 1 unspecified atom stereocenters. The molecule has 2 N–H and O–H groups in total. The molecule has 0 aliphatic carbocycles. The van der Waals surface area contributed by atoms with E-state index in [1.165, 1.54) is 6.07 Å². The molecule has 106 valence electrons. The number of nitro groups is 1. The van der Waals surface area contributed by atoms with Crippen LogP contribution in [-0.2, 0) is 9.59 Å². The minimum atomic E-state index is -1.01. The van der Waals surface area contributed by atoms with Crippen molar-refractivity contribution in [2.45, 2.75) is 12.8 Å². The largest absolute Gasteiger partial charge is 0.355 e. The molecular formula is C12H12FN3O4. The molecule has 0 aromatic heterocycles. The third kappa shape index (κ3) is 3.08. The van der Waals surface area contributed by atoms with Gasteiger partial charge in [0.1, 0.15) is 0 Å². The van der Waals surface area contributed by atoms with Crippen LogP contribution in [0.4, 0.5) is 15.8 Å². The Morgan fingerprint density at radius 1 is 1.50 bits per heavy atom. The normalized spacial score (nSPS) is 18.2. The standard InChI is InChI=1S/C12H12FN3O4/c13-9-5-8(2-3-10(9)16(19)20)15-12(18)7-1-4-11(17)14-6-7/h2-3,5,7H,1,4,6H2,(H,14,17)(H,15,18). The maximum absolute atomic E-state index is 13.4. The van der Waals surface area contributed by atoms with E-state index in [0.29, 0.717) is 6.42 Å². The highest BCUT2D eigenvalue weighted by Gasteiger charge is 2.25. The summed E-state index contributed by atoms with van der Waals surface area (Å²) in [4.78, 5) is 32.5. The van der Waals surface area contributed by atoms with E-state index in [1.54, 1.807) is 0 Å². The number of nitrogens with one attached hydrogen (secondary N) is 2. The molecule has 7 nitrogen and oxygen atoms in total. The molecule has 1 aromatic carbocycles. The molecule has 0 radical (unpaired) electrons. The van der Waals surface area contributed by atoms with Crippen molar-refractivity contribution in [1.82, 2.24) is 5.32 Å². The van der Waals surface area contributed by atoms with Crippen LogP contribution in [0.1, 0.15) is 12.8 Å². The fourth-order valence-corrected chi connectivity index (χ4v) is 1.93. The van der Waals surface area contributed by atoms with Gasteiger partial charge in [-0.2, -0.15) is 4.39 Å². The first-order valence-corrected chi connectivity index (χ1v) is 5.99. The minimum Gasteiger partial charge on any atom is -0.355 e. The van der Waals surface area contributed by atoms with Crippen molar-refractivity contribution in [1.29, 1.82) is 0 Å². The molecule has 2 rings (SSSR count). The van der Waals surface area contributed by atoms with Crippen molar-refractivity contribution in [2.24, 2.45) is 5.92 Å². The quantitative estimate of drug-likeness (QED) is 0.642. The lowest BCUT2D eigenvalue weighted by atomic mass is 9.98. The van der Waals surface area contributed by atoms with E-state index in [-0.39, 0.29) is 36.4 Å². The van der Waals surface area contributed by atoms with E-state index in [9.17, 15) is 24.1 Å². The van der Waals surface area contributed by atoms with Crippen molar-refractivity contribution in [3.63, 3.8) is 0 Å². The SMILES string of the molecule is O=C1CCC(C(=O)Nc2ccc([N+](=O)[O-])c(F)c2)CN1. The van der Waals surface area contributed by atoms with Gasteiger partial charge in [-0.05, 0) is 12.5 Å². The zero-order valence-corrected chi connectivity index (χ0v) is 10.4. The van der Waals surface area contributed by atoms with E-state index in [1.807, 2.05) is 0 Å². The number of benzene rings is 1. The lowest BCUT2D eigenvalue weighted by molar-refractivity contribution is -0.387. The predicted molar refractivity (Wildman–Crippen MR) is 67.4 cm³/mol. The lowest BCUT2D eigenvalue weighted by Gasteiger charge is -2.21. The third-order valence-electron chi connectivity index (χ3n) is 3.05. The molecule has 1 atom stereocenters. The van der Waals surface area contributed by atoms with Crippen LogP contribution in [0.15, 0.2) is 18.2 Å². The van der Waals surface area contributed by atoms with Gasteiger partial charge in [0.2, 0.25) is 17.6 Å². The van der Waals surface area contributed by atoms with Crippen LogP contribution in [0.5, 0.6) is 0 Å². The first kappa shape index (κ1) is 13.9. The summed E-state index contributed by atoms with van der Waals surface area (Å²) in [5, 5.41) is 15.5. The molecule has 2 amide bonds. The summed E-state index contributed by atoms with van der Waals surface area (Å²) in [6, 6.07) is 3.16. The van der Waals surface area contributed by atoms with Gasteiger partial charge in [0.15, 0.2) is 0 Å². The molecule has 0 saturated carbocycles. The average molecular weight is 281 g/mol. The molecule has 1 saturated heterocycles. The first-order chi connectivity index (χ1) is 9.47. The number of piperidine rings is 1. The number of halogens is 1. The highest BCUT2D eigenvalue weighted by Crippen LogP contribution is 2.22. The number of amides is 2. The summed E-state index contributed by atoms with van der Waals surface area (Å²) in [5.74, 6) is -1.84. The topological polar surface area (TPSA) is 101 Å². The maximum atomic E-state index is 13.4. The van der Waals surface area contributed by atoms with Gasteiger partial charge in [-0.25, -0.2) is 0 Å². The van der Waals surface area contributed by atoms with E-state index in [2.05, 4.69) is 10.6 Å². The zero-order chi connectivity index (χ0) is 14.7. The molecule has 0 spiro atoms. The Balaban J connectivity index is 2.03. The molecule has 1 aliphatic rings. The number of rotatable bonds is 3. The Morgan fingerprint density at radius 2 is 2.25 bits per heavy atom. The van der Waals surface area contributed by atoms with Gasteiger partial charge < -0.3 is 10.6 Å². The van der Waals surface area contributed by atoms with Crippen LogP contribution in [-0.4, -0.2) is 23.3 Å². The van der Waals surface area contributed by atoms with E-state index >= 15 is 0 Å². The summed E-state index contributed by atoms with van der Waals surface area (Å²) in [6.07, 6.45) is 0.694. The van der Waals surface area contributed by atoms with Crippen LogP contribution in [0.3, 0.4) is 0 Å². The molecule has 20 heavy (non-hydrogen) atoms. The zero-order valence-electron chi connectivity index (χ0n) is 10.4. The number of carbonyl (C=O) groups excluding carboxylic acids is 2. The number of hydrogen-bond donors (Lipinski definition) is 2. The van der Waals surface area contributed by atoms with Crippen LogP contribution >= 0.6 is 0 Å². The fourth-order valence-electron chi connectivity index (χ4n) is 1.93. The molecule has 1 aliphatic heterocycles. The molecular weight excluding hydrogens is 269 g/mol. The maximum Gasteiger partial charge on any atom is 0.304 e. The fraction of sp³-hybridized carbons (Fsp3) is 0.333. The van der Waals surface area contributed by atoms with Gasteiger partial charge in [0.25, 0.3) is 0 Å². The third-order valence-corrected chi connectivity index (χ3v) is 3.05. The highest BCUT2D eigenvalue weighted by atomic mass is 19.1. The van der Waals surface area contributed by atoms with Gasteiger partial charge in [0.05, 0.1) is 10.8 Å². The highest BCUT2D eigenvalue weighted by molar-refractivity contribution is 5.94. The van der Waals surface area contributed by atoms with Crippen molar-refractivity contribution < 1.29 is 18.9 Å². The van der Waals surface area contributed by atoms with Crippen molar-refractivity contribution in [2.75, 3.05) is 11.9 Å². The van der Waals surface area contributed by atoms with Crippen molar-refractivity contribution >= 4 is 23.2 Å². The molecule has 1 aromatic rings. The van der Waals surface area contributed by atoms with Crippen LogP contribution < -0.4 is 10.6 Å². The van der Waals surface area contributed by atoms with Gasteiger partial charge in [-0.1, -0.05) is 0 Å². The van der Waals surface area contributed by atoms with Crippen molar-refractivity contribution in [3.05, 3.63) is 34.1 Å². The number of nitrogens with zero attached hydrogens (tertiary/aromatic N) is 1. The lowest BCUT2D eigenvalue weighted by Crippen LogP contribution is -2.40. The Morgan fingerprint density at radius 3 is 2.80 bits per heavy atom. The number of anilines is 1. The summed E-state index contributed by atoms with van der Waals surface area (Å²) in [6.45, 7) is 0.236. The minimum absolute atomic E-state index is 0.101. The second-order valence-corrected chi connectivity index (χ2v) is 4.45. The molecule has 1 fully saturated rings. The van der Waals surface area contributed by atoms with Crippen LogP contribution in [0.25, 0.3) is 0 Å². The average Bonchev–Trinajstić information content (AvgIpc) is 2.39. The second-order valence-electron chi connectivity index (χ2n) is 4.45. The van der Waals surface area contributed by atoms with Gasteiger partial charge >= 0.3 is 5.69 Å². The molecule has 8 heteroatoms. The summed E-state index contributed by atoms with van der Waals surface area (Å²) in [5.41, 5.74) is -0.497. The Bertz CT molecular complexity index is 566. The van der Waals surface area contributed by atoms with Crippen LogP contribution in [0.2, 0.25) is 0 Å². The summed E-state index contributed by atoms with van der Waals surface area (Å²) >= 11 is 0. The predicted octanol–water partition coefficient (Wildman–Crippen LogP) is 1.20. The first-order valence-electron chi connectivity index (χ1n) is 5.99. The second kappa shape index (κ2) is 5.64. The smallest absolute Gasteiger partial charge is 0.304 e. The van der Waals surface area contributed by atoms with E-state index < -0.39 is 16.4 Å². The Labute approximate surface area is 113 Å². The van der Waals surface area contributed by atoms with Crippen molar-refractivity contribution in [3.8, 4) is 0 Å². The van der Waals surface area contributed by atoms with Gasteiger partial charge in [0, 0.05) is 30.8 Å². The van der Waals surface area contributed by atoms with Crippen LogP contribution in [0, 0.1) is 21.8 Å². The number of hydrogen-bond acceptors (Lipinski definition) is 4. The Kier molecular flexibility index (Phi) is 3.92.